The van der Waals surface area contributed by atoms with Crippen molar-refractivity contribution in [1.82, 2.24) is 15.0 Å². The van der Waals surface area contributed by atoms with Gasteiger partial charge in [0, 0.05) is 16.7 Å². The van der Waals surface area contributed by atoms with Crippen LogP contribution in [0, 0.1) is 0 Å². The van der Waals surface area contributed by atoms with E-state index in [4.69, 9.17) is 17.7 Å². The van der Waals surface area contributed by atoms with Crippen LogP contribution < -0.4 is 0 Å². The highest BCUT2D eigenvalue weighted by atomic mass is 15.0. The fraction of sp³-hybridized carbons (Fsp3) is 0. The van der Waals surface area contributed by atoms with E-state index in [0.717, 1.165) is 38.6 Å². The maximum Gasteiger partial charge on any atom is 0.164 e. The highest BCUT2D eigenvalue weighted by molar-refractivity contribution is 6.04. The van der Waals surface area contributed by atoms with E-state index in [1.807, 2.05) is 72.8 Å². The molecule has 0 aliphatic rings. The van der Waals surface area contributed by atoms with Crippen molar-refractivity contribution in [1.29, 1.82) is 0 Å². The van der Waals surface area contributed by atoms with Crippen LogP contribution in [-0.2, 0) is 0 Å². The second-order valence-corrected chi connectivity index (χ2v) is 14.7. The lowest BCUT2D eigenvalue weighted by Crippen LogP contribution is -2.01. The lowest BCUT2D eigenvalue weighted by molar-refractivity contribution is 1.08. The maximum atomic E-state index is 9.57. The molecule has 0 fully saturated rings. The van der Waals surface area contributed by atoms with Crippen molar-refractivity contribution >= 4 is 32.3 Å². The quantitative estimate of drug-likeness (QED) is 0.162. The molecule has 0 radical (unpaired) electrons. The molecule has 280 valence electrons. The first kappa shape index (κ1) is 29.2. The highest BCUT2D eigenvalue weighted by Crippen LogP contribution is 2.36. The number of aromatic nitrogens is 3. The first-order chi connectivity index (χ1) is 32.2. The van der Waals surface area contributed by atoms with Crippen molar-refractivity contribution in [2.24, 2.45) is 0 Å². The predicted molar refractivity (Wildman–Crippen MR) is 250 cm³/mol. The van der Waals surface area contributed by atoms with Gasteiger partial charge in [-0.25, -0.2) is 15.0 Å². The van der Waals surface area contributed by atoms with Crippen LogP contribution in [0.3, 0.4) is 0 Å². The molecule has 11 aromatic rings. The van der Waals surface area contributed by atoms with Crippen molar-refractivity contribution < 1.29 is 8.22 Å². The molecule has 3 heteroatoms. The van der Waals surface area contributed by atoms with Gasteiger partial charge in [-0.3, -0.25) is 0 Å². The topological polar surface area (TPSA) is 38.7 Å². The van der Waals surface area contributed by atoms with E-state index in [1.54, 1.807) is 24.3 Å². The summed E-state index contributed by atoms with van der Waals surface area (Å²) in [5, 5.41) is 4.16. The van der Waals surface area contributed by atoms with Crippen LogP contribution in [-0.4, -0.2) is 15.0 Å². The molecule has 60 heavy (non-hydrogen) atoms. The molecule has 10 aromatic carbocycles. The summed E-state index contributed by atoms with van der Waals surface area (Å²) < 4.78 is 55.6. The Bertz CT molecular complexity index is 3690. The number of rotatable bonds is 7. The standard InChI is InChI=1S/C57H37N3/c1-3-12-38(13-4-1)45-32-33-47-37-48(35-34-46(47)36-45)56-58-55(59-57(60-56)54-23-11-21-52-51(20-10-22-53(52)54)41-14-5-2-6-15-41)44-30-26-40(27-31-44)39-24-28-43(29-25-39)50-19-9-17-42-16-7-8-18-49(42)50/h1-37H/i32D,33D,34D,35D,36D,37D. The molecule has 0 bridgehead atoms. The minimum Gasteiger partial charge on any atom is -0.208 e. The number of benzene rings is 10. The van der Waals surface area contributed by atoms with Gasteiger partial charge in [-0.05, 0) is 88.9 Å². The van der Waals surface area contributed by atoms with Gasteiger partial charge in [0.15, 0.2) is 17.5 Å². The fourth-order valence-electron chi connectivity index (χ4n) is 7.98. The molecule has 0 N–H and O–H groups in total. The van der Waals surface area contributed by atoms with Gasteiger partial charge in [0.2, 0.25) is 0 Å². The van der Waals surface area contributed by atoms with E-state index in [2.05, 4.69) is 91.0 Å². The van der Waals surface area contributed by atoms with Crippen LogP contribution in [0.25, 0.3) is 111 Å². The lowest BCUT2D eigenvalue weighted by Gasteiger charge is -2.13. The third-order valence-electron chi connectivity index (χ3n) is 11.0. The van der Waals surface area contributed by atoms with Crippen LogP contribution >= 0.6 is 0 Å². The third kappa shape index (κ3) is 6.58. The minimum atomic E-state index is -0.355. The molecule has 0 saturated carbocycles. The molecule has 0 aliphatic heterocycles. The van der Waals surface area contributed by atoms with Crippen LogP contribution in [0.2, 0.25) is 0 Å². The van der Waals surface area contributed by atoms with Gasteiger partial charge >= 0.3 is 0 Å². The van der Waals surface area contributed by atoms with Gasteiger partial charge < -0.3 is 0 Å². The van der Waals surface area contributed by atoms with Crippen molar-refractivity contribution in [3.8, 4) is 78.7 Å². The molecule has 11 rings (SSSR count). The number of hydrogen-bond acceptors (Lipinski definition) is 3. The zero-order valence-corrected chi connectivity index (χ0v) is 32.2. The molecule has 0 atom stereocenters. The van der Waals surface area contributed by atoms with E-state index in [9.17, 15) is 5.48 Å². The molecular weight excluding hydrogens is 727 g/mol. The molecule has 1 aromatic heterocycles. The molecule has 0 spiro atoms. The number of nitrogens with zero attached hydrogens (tertiary/aromatic N) is 3. The zero-order chi connectivity index (χ0) is 45.1. The lowest BCUT2D eigenvalue weighted by atomic mass is 9.95. The SMILES string of the molecule is [2H]c1c(-c2nc(-c3ccc(-c4ccc(-c5cccc6ccccc56)cc4)cc3)nc(-c3cccc4c(-c5ccccc5)cccc34)n2)c([2H])c2c([2H])c([2H])c(-c3ccccc3)c([2H])c2c1[2H]. The second kappa shape index (κ2) is 15.1. The van der Waals surface area contributed by atoms with Crippen LogP contribution in [0.15, 0.2) is 224 Å². The van der Waals surface area contributed by atoms with E-state index in [-0.39, 0.29) is 64.0 Å². The molecular formula is C57H37N3. The highest BCUT2D eigenvalue weighted by Gasteiger charge is 2.16. The summed E-state index contributed by atoms with van der Waals surface area (Å²) in [6, 6.07) is 60.5. The van der Waals surface area contributed by atoms with Crippen LogP contribution in [0.4, 0.5) is 0 Å². The summed E-state index contributed by atoms with van der Waals surface area (Å²) in [6.45, 7) is 0. The van der Waals surface area contributed by atoms with Gasteiger partial charge in [0.1, 0.15) is 0 Å². The molecule has 0 aliphatic carbocycles. The summed E-state index contributed by atoms with van der Waals surface area (Å²) in [6.07, 6.45) is 0. The number of hydrogen-bond donors (Lipinski definition) is 0. The average Bonchev–Trinajstić information content (AvgIpc) is 3.37. The van der Waals surface area contributed by atoms with Crippen molar-refractivity contribution in [3.63, 3.8) is 0 Å². The Kier molecular flexibility index (Phi) is 7.34. The monoisotopic (exact) mass is 769 g/mol. The number of fused-ring (bicyclic) bond motifs is 3. The van der Waals surface area contributed by atoms with E-state index in [1.165, 1.54) is 16.3 Å². The van der Waals surface area contributed by atoms with E-state index in [0.29, 0.717) is 28.3 Å². The van der Waals surface area contributed by atoms with Gasteiger partial charge in [-0.15, -0.1) is 0 Å². The van der Waals surface area contributed by atoms with Gasteiger partial charge in [-0.2, -0.15) is 0 Å². The predicted octanol–water partition coefficient (Wildman–Crippen LogP) is 15.0. The molecule has 0 amide bonds. The van der Waals surface area contributed by atoms with Crippen LogP contribution in [0.5, 0.6) is 0 Å². The van der Waals surface area contributed by atoms with Gasteiger partial charge in [0.05, 0.1) is 8.22 Å². The average molecular weight is 770 g/mol. The Balaban J connectivity index is 1.07. The van der Waals surface area contributed by atoms with Gasteiger partial charge in [-0.1, -0.05) is 212 Å². The minimum absolute atomic E-state index is 0.0192. The molecule has 1 heterocycles. The summed E-state index contributed by atoms with van der Waals surface area (Å²) >= 11 is 0. The summed E-state index contributed by atoms with van der Waals surface area (Å²) in [5.41, 5.74) is 8.44. The largest absolute Gasteiger partial charge is 0.208 e. The normalized spacial score (nSPS) is 12.7. The fourth-order valence-corrected chi connectivity index (χ4v) is 7.98. The first-order valence-electron chi connectivity index (χ1n) is 22.9. The Labute approximate surface area is 357 Å². The smallest absolute Gasteiger partial charge is 0.164 e. The Morgan fingerprint density at radius 3 is 1.37 bits per heavy atom. The zero-order valence-electron chi connectivity index (χ0n) is 38.2. The van der Waals surface area contributed by atoms with Crippen molar-refractivity contribution in [3.05, 3.63) is 224 Å². The van der Waals surface area contributed by atoms with Crippen LogP contribution in [0.1, 0.15) is 8.22 Å². The summed E-state index contributed by atoms with van der Waals surface area (Å²) in [7, 11) is 0. The summed E-state index contributed by atoms with van der Waals surface area (Å²) in [4.78, 5) is 15.0. The van der Waals surface area contributed by atoms with Crippen molar-refractivity contribution in [2.45, 2.75) is 0 Å². The Hall–Kier alpha value is -8.01. The van der Waals surface area contributed by atoms with Crippen molar-refractivity contribution in [2.75, 3.05) is 0 Å². The third-order valence-corrected chi connectivity index (χ3v) is 11.0. The summed E-state index contributed by atoms with van der Waals surface area (Å²) in [5.74, 6) is 0.578. The second-order valence-electron chi connectivity index (χ2n) is 14.7. The maximum absolute atomic E-state index is 9.57. The van der Waals surface area contributed by atoms with Gasteiger partial charge in [0.25, 0.3) is 0 Å². The Morgan fingerprint density at radius 2 is 0.667 bits per heavy atom. The molecule has 3 nitrogen and oxygen atoms in total. The Morgan fingerprint density at radius 1 is 0.250 bits per heavy atom. The molecule has 0 unspecified atom stereocenters. The first-order valence-corrected chi connectivity index (χ1v) is 19.9. The van der Waals surface area contributed by atoms with E-state index < -0.39 is 0 Å². The molecule has 0 saturated heterocycles. The van der Waals surface area contributed by atoms with E-state index >= 15 is 0 Å².